The van der Waals surface area contributed by atoms with E-state index in [1.807, 2.05) is 36.4 Å². The Morgan fingerprint density at radius 2 is 1.90 bits per heavy atom. The SMILES string of the molecule is OCC[C@@H](NCc1ccc(Br)cc1F)c1ccccc1. The third-order valence-electron chi connectivity index (χ3n) is 3.17. The summed E-state index contributed by atoms with van der Waals surface area (Å²) >= 11 is 3.24. The van der Waals surface area contributed by atoms with Crippen LogP contribution < -0.4 is 5.32 Å². The maximum atomic E-state index is 13.8. The number of hydrogen-bond donors (Lipinski definition) is 2. The van der Waals surface area contributed by atoms with E-state index in [1.54, 1.807) is 6.07 Å². The minimum atomic E-state index is -0.234. The molecule has 1 atom stereocenters. The molecule has 0 bridgehead atoms. The van der Waals surface area contributed by atoms with Crippen molar-refractivity contribution < 1.29 is 9.50 Å². The molecule has 20 heavy (non-hydrogen) atoms. The Kier molecular flexibility index (Phi) is 5.71. The highest BCUT2D eigenvalue weighted by Gasteiger charge is 2.11. The predicted octanol–water partition coefficient (Wildman–Crippen LogP) is 3.80. The van der Waals surface area contributed by atoms with Crippen molar-refractivity contribution in [2.45, 2.75) is 19.0 Å². The van der Waals surface area contributed by atoms with Crippen molar-refractivity contribution >= 4 is 15.9 Å². The van der Waals surface area contributed by atoms with Crippen LogP contribution in [0.4, 0.5) is 4.39 Å². The normalized spacial score (nSPS) is 12.3. The first-order valence-electron chi connectivity index (χ1n) is 6.54. The Morgan fingerprint density at radius 3 is 2.55 bits per heavy atom. The third kappa shape index (κ3) is 4.13. The summed E-state index contributed by atoms with van der Waals surface area (Å²) in [5, 5.41) is 12.5. The molecule has 2 aromatic rings. The van der Waals surface area contributed by atoms with Crippen LogP contribution in [0.3, 0.4) is 0 Å². The first kappa shape index (κ1) is 15.2. The molecule has 0 aliphatic rings. The highest BCUT2D eigenvalue weighted by atomic mass is 79.9. The van der Waals surface area contributed by atoms with Crippen LogP contribution in [0.25, 0.3) is 0 Å². The molecule has 2 aromatic carbocycles. The summed E-state index contributed by atoms with van der Waals surface area (Å²) in [6.07, 6.45) is 0.599. The van der Waals surface area contributed by atoms with Crippen LogP contribution in [0, 0.1) is 5.82 Å². The Hall–Kier alpha value is -1.23. The molecule has 2 nitrogen and oxygen atoms in total. The molecule has 0 aliphatic heterocycles. The highest BCUT2D eigenvalue weighted by molar-refractivity contribution is 9.10. The molecule has 0 amide bonds. The van der Waals surface area contributed by atoms with Crippen LogP contribution in [-0.2, 0) is 6.54 Å². The second-order valence-corrected chi connectivity index (χ2v) is 5.51. The number of benzene rings is 2. The van der Waals surface area contributed by atoms with Crippen LogP contribution in [-0.4, -0.2) is 11.7 Å². The van der Waals surface area contributed by atoms with Gasteiger partial charge in [0.1, 0.15) is 5.82 Å². The van der Waals surface area contributed by atoms with Gasteiger partial charge in [0.05, 0.1) is 0 Å². The van der Waals surface area contributed by atoms with E-state index in [-0.39, 0.29) is 18.5 Å². The second-order valence-electron chi connectivity index (χ2n) is 4.59. The van der Waals surface area contributed by atoms with Gasteiger partial charge in [0.25, 0.3) is 0 Å². The zero-order valence-corrected chi connectivity index (χ0v) is 12.6. The average Bonchev–Trinajstić information content (AvgIpc) is 2.46. The molecule has 0 aromatic heterocycles. The monoisotopic (exact) mass is 337 g/mol. The molecule has 0 heterocycles. The van der Waals surface area contributed by atoms with Gasteiger partial charge in [0.15, 0.2) is 0 Å². The first-order valence-corrected chi connectivity index (χ1v) is 7.33. The van der Waals surface area contributed by atoms with Crippen LogP contribution in [0.1, 0.15) is 23.6 Å². The molecule has 0 aliphatic carbocycles. The fraction of sp³-hybridized carbons (Fsp3) is 0.250. The zero-order valence-electron chi connectivity index (χ0n) is 11.0. The fourth-order valence-corrected chi connectivity index (χ4v) is 2.43. The van der Waals surface area contributed by atoms with Gasteiger partial charge in [-0.25, -0.2) is 4.39 Å². The van der Waals surface area contributed by atoms with Crippen LogP contribution in [0.2, 0.25) is 0 Å². The van der Waals surface area contributed by atoms with Gasteiger partial charge in [0.2, 0.25) is 0 Å². The largest absolute Gasteiger partial charge is 0.396 e. The van der Waals surface area contributed by atoms with E-state index < -0.39 is 0 Å². The molecule has 0 unspecified atom stereocenters. The summed E-state index contributed by atoms with van der Waals surface area (Å²) in [6.45, 7) is 0.522. The highest BCUT2D eigenvalue weighted by Crippen LogP contribution is 2.19. The topological polar surface area (TPSA) is 32.3 Å². The second kappa shape index (κ2) is 7.53. The van der Waals surface area contributed by atoms with Gasteiger partial charge in [0, 0.05) is 29.2 Å². The van der Waals surface area contributed by atoms with E-state index in [0.717, 1.165) is 10.0 Å². The van der Waals surface area contributed by atoms with Crippen molar-refractivity contribution in [2.75, 3.05) is 6.61 Å². The predicted molar refractivity (Wildman–Crippen MR) is 81.8 cm³/mol. The van der Waals surface area contributed by atoms with Crippen molar-refractivity contribution in [1.82, 2.24) is 5.32 Å². The minimum Gasteiger partial charge on any atom is -0.396 e. The molecular formula is C16H17BrFNO. The van der Waals surface area contributed by atoms with Gasteiger partial charge < -0.3 is 10.4 Å². The Bertz CT molecular complexity index is 547. The number of halogens is 2. The maximum absolute atomic E-state index is 13.8. The molecular weight excluding hydrogens is 321 g/mol. The van der Waals surface area contributed by atoms with Crippen LogP contribution in [0.15, 0.2) is 53.0 Å². The van der Waals surface area contributed by atoms with Gasteiger partial charge in [-0.2, -0.15) is 0 Å². The van der Waals surface area contributed by atoms with Crippen molar-refractivity contribution in [1.29, 1.82) is 0 Å². The quantitative estimate of drug-likeness (QED) is 0.840. The molecule has 0 spiro atoms. The van der Waals surface area contributed by atoms with E-state index in [4.69, 9.17) is 5.11 Å². The number of aliphatic hydroxyl groups excluding tert-OH is 1. The Labute approximate surface area is 126 Å². The molecule has 106 valence electrons. The summed E-state index contributed by atoms with van der Waals surface area (Å²) in [5.41, 5.74) is 1.71. The molecule has 2 N–H and O–H groups in total. The first-order chi connectivity index (χ1) is 9.70. The van der Waals surface area contributed by atoms with Gasteiger partial charge in [-0.1, -0.05) is 52.3 Å². The Morgan fingerprint density at radius 1 is 1.15 bits per heavy atom. The van der Waals surface area contributed by atoms with Gasteiger partial charge in [-0.05, 0) is 24.1 Å². The minimum absolute atomic E-state index is 0.0178. The van der Waals surface area contributed by atoms with E-state index in [2.05, 4.69) is 21.2 Å². The molecule has 0 saturated carbocycles. The third-order valence-corrected chi connectivity index (χ3v) is 3.67. The number of nitrogens with one attached hydrogen (secondary N) is 1. The number of hydrogen-bond acceptors (Lipinski definition) is 2. The lowest BCUT2D eigenvalue weighted by atomic mass is 10.0. The smallest absolute Gasteiger partial charge is 0.128 e. The average molecular weight is 338 g/mol. The van der Waals surface area contributed by atoms with E-state index in [9.17, 15) is 4.39 Å². The van der Waals surface area contributed by atoms with Crippen molar-refractivity contribution in [3.05, 3.63) is 69.9 Å². The molecule has 2 rings (SSSR count). The maximum Gasteiger partial charge on any atom is 0.128 e. The summed E-state index contributed by atoms with van der Waals surface area (Å²) in [7, 11) is 0. The van der Waals surface area contributed by atoms with Crippen LogP contribution >= 0.6 is 15.9 Å². The lowest BCUT2D eigenvalue weighted by Gasteiger charge is -2.18. The van der Waals surface area contributed by atoms with Gasteiger partial charge in [-0.15, -0.1) is 0 Å². The van der Waals surface area contributed by atoms with E-state index in [1.165, 1.54) is 6.07 Å². The van der Waals surface area contributed by atoms with Crippen molar-refractivity contribution in [3.63, 3.8) is 0 Å². The molecule has 4 heteroatoms. The lowest BCUT2D eigenvalue weighted by Crippen LogP contribution is -2.22. The summed E-state index contributed by atoms with van der Waals surface area (Å²) in [4.78, 5) is 0. The van der Waals surface area contributed by atoms with E-state index >= 15 is 0 Å². The summed E-state index contributed by atoms with van der Waals surface area (Å²) in [6, 6.07) is 14.9. The van der Waals surface area contributed by atoms with Gasteiger partial charge in [-0.3, -0.25) is 0 Å². The number of rotatable bonds is 6. The zero-order chi connectivity index (χ0) is 14.4. The van der Waals surface area contributed by atoms with Crippen molar-refractivity contribution in [3.8, 4) is 0 Å². The van der Waals surface area contributed by atoms with Gasteiger partial charge >= 0.3 is 0 Å². The summed E-state index contributed by atoms with van der Waals surface area (Å²) in [5.74, 6) is -0.234. The van der Waals surface area contributed by atoms with Crippen molar-refractivity contribution in [2.24, 2.45) is 0 Å². The fourth-order valence-electron chi connectivity index (χ4n) is 2.10. The number of aliphatic hydroxyl groups is 1. The van der Waals surface area contributed by atoms with E-state index in [0.29, 0.717) is 18.5 Å². The molecule has 0 saturated heterocycles. The lowest BCUT2D eigenvalue weighted by molar-refractivity contribution is 0.265. The van der Waals surface area contributed by atoms with Crippen LogP contribution in [0.5, 0.6) is 0 Å². The molecule has 0 fully saturated rings. The standard InChI is InChI=1S/C16H17BrFNO/c17-14-7-6-13(15(18)10-14)11-19-16(8-9-20)12-4-2-1-3-5-12/h1-7,10,16,19-20H,8-9,11H2/t16-/m1/s1. The Balaban J connectivity index is 2.06. The molecule has 0 radical (unpaired) electrons. The summed E-state index contributed by atoms with van der Waals surface area (Å²) < 4.78 is 14.5.